The zero-order valence-corrected chi connectivity index (χ0v) is 17.1. The molecule has 1 aliphatic carbocycles. The summed E-state index contributed by atoms with van der Waals surface area (Å²) < 4.78 is 0. The molecule has 3 aromatic rings. The number of rotatable bonds is 7. The van der Waals surface area contributed by atoms with Gasteiger partial charge in [-0.1, -0.05) is 36.4 Å². The lowest BCUT2D eigenvalue weighted by molar-refractivity contribution is -0.123. The Morgan fingerprint density at radius 2 is 1.96 bits per heavy atom. The Bertz CT molecular complexity index is 963. The smallest absolute Gasteiger partial charge is 0.263 e. The van der Waals surface area contributed by atoms with Crippen molar-refractivity contribution in [1.29, 1.82) is 0 Å². The molecule has 7 heteroatoms. The van der Waals surface area contributed by atoms with E-state index in [4.69, 9.17) is 0 Å². The van der Waals surface area contributed by atoms with Crippen LogP contribution in [-0.4, -0.2) is 28.9 Å². The van der Waals surface area contributed by atoms with E-state index in [9.17, 15) is 9.59 Å². The summed E-state index contributed by atoms with van der Waals surface area (Å²) in [7, 11) is 0. The minimum atomic E-state index is -0.609. The van der Waals surface area contributed by atoms with Crippen LogP contribution in [0.3, 0.4) is 0 Å². The predicted octanol–water partition coefficient (Wildman–Crippen LogP) is 3.80. The molecule has 1 atom stereocenters. The highest BCUT2D eigenvalue weighted by molar-refractivity contribution is 7.22. The number of nitrogens with zero attached hydrogens (tertiary/aromatic N) is 1. The fourth-order valence-corrected chi connectivity index (χ4v) is 4.69. The first kappa shape index (κ1) is 18.8. The summed E-state index contributed by atoms with van der Waals surface area (Å²) in [6.07, 6.45) is 2.48. The number of benzene rings is 1. The largest absolute Gasteiger partial charge is 0.352 e. The summed E-state index contributed by atoms with van der Waals surface area (Å²) >= 11 is 2.96. The Morgan fingerprint density at radius 1 is 1.18 bits per heavy atom. The Hall–Kier alpha value is -2.51. The molecule has 0 saturated heterocycles. The number of nitrogens with one attached hydrogen (secondary N) is 2. The number of thiazole rings is 1. The van der Waals surface area contributed by atoms with Crippen molar-refractivity contribution in [3.8, 4) is 9.88 Å². The molecule has 0 spiro atoms. The molecule has 2 aromatic heterocycles. The van der Waals surface area contributed by atoms with Crippen LogP contribution in [0.1, 0.15) is 33.8 Å². The number of thiophene rings is 1. The van der Waals surface area contributed by atoms with Crippen LogP contribution in [0.15, 0.2) is 47.8 Å². The van der Waals surface area contributed by atoms with E-state index in [1.165, 1.54) is 11.3 Å². The number of amides is 2. The van der Waals surface area contributed by atoms with Gasteiger partial charge in [0.15, 0.2) is 0 Å². The van der Waals surface area contributed by atoms with E-state index in [2.05, 4.69) is 15.6 Å². The van der Waals surface area contributed by atoms with E-state index < -0.39 is 6.04 Å². The van der Waals surface area contributed by atoms with Crippen molar-refractivity contribution in [2.45, 2.75) is 38.3 Å². The van der Waals surface area contributed by atoms with Crippen LogP contribution in [0.5, 0.6) is 0 Å². The third-order valence-electron chi connectivity index (χ3n) is 4.56. The molecule has 1 aromatic carbocycles. The molecule has 144 valence electrons. The van der Waals surface area contributed by atoms with Crippen molar-refractivity contribution in [2.75, 3.05) is 0 Å². The Morgan fingerprint density at radius 3 is 2.64 bits per heavy atom. The fourth-order valence-electron chi connectivity index (χ4n) is 2.93. The van der Waals surface area contributed by atoms with Crippen molar-refractivity contribution >= 4 is 34.5 Å². The van der Waals surface area contributed by atoms with Gasteiger partial charge in [0.2, 0.25) is 5.91 Å². The van der Waals surface area contributed by atoms with E-state index in [0.29, 0.717) is 17.0 Å². The van der Waals surface area contributed by atoms with Gasteiger partial charge in [-0.05, 0) is 36.8 Å². The third kappa shape index (κ3) is 4.48. The lowest BCUT2D eigenvalue weighted by Gasteiger charge is -2.18. The maximum absolute atomic E-state index is 12.9. The van der Waals surface area contributed by atoms with E-state index >= 15 is 0 Å². The zero-order chi connectivity index (χ0) is 19.5. The molecule has 1 fully saturated rings. The molecular formula is C21H21N3O2S2. The van der Waals surface area contributed by atoms with Gasteiger partial charge in [0, 0.05) is 12.5 Å². The molecule has 1 unspecified atom stereocenters. The number of aryl methyl sites for hydroxylation is 1. The summed E-state index contributed by atoms with van der Waals surface area (Å²) in [4.78, 5) is 31.8. The lowest BCUT2D eigenvalue weighted by Crippen LogP contribution is -2.48. The molecule has 5 nitrogen and oxygen atoms in total. The van der Waals surface area contributed by atoms with Gasteiger partial charge in [0.1, 0.15) is 15.9 Å². The van der Waals surface area contributed by atoms with Gasteiger partial charge in [0.05, 0.1) is 10.6 Å². The van der Waals surface area contributed by atoms with Crippen molar-refractivity contribution in [1.82, 2.24) is 15.6 Å². The molecular weight excluding hydrogens is 390 g/mol. The standard InChI is InChI=1S/C21H21N3O2S2/c1-13-18(28-21(22-13)17-8-5-11-27-17)20(26)24-16(19(25)23-15-9-10-15)12-14-6-3-2-4-7-14/h2-8,11,15-16H,9-10,12H2,1H3,(H,23,25)(H,24,26). The van der Waals surface area contributed by atoms with Crippen LogP contribution in [0, 0.1) is 6.92 Å². The first-order chi connectivity index (χ1) is 13.6. The topological polar surface area (TPSA) is 71.1 Å². The molecule has 4 rings (SSSR count). The quantitative estimate of drug-likeness (QED) is 0.621. The van der Waals surface area contributed by atoms with E-state index in [1.807, 2.05) is 54.8 Å². The highest BCUT2D eigenvalue weighted by Gasteiger charge is 2.29. The number of hydrogen-bond donors (Lipinski definition) is 2. The average molecular weight is 412 g/mol. The molecule has 0 bridgehead atoms. The summed E-state index contributed by atoms with van der Waals surface area (Å²) in [5.41, 5.74) is 1.70. The number of carbonyl (C=O) groups excluding carboxylic acids is 2. The van der Waals surface area contributed by atoms with Crippen LogP contribution in [-0.2, 0) is 11.2 Å². The first-order valence-corrected chi connectivity index (χ1v) is 11.0. The first-order valence-electron chi connectivity index (χ1n) is 9.26. The minimum Gasteiger partial charge on any atom is -0.352 e. The summed E-state index contributed by atoms with van der Waals surface area (Å²) in [6.45, 7) is 1.83. The van der Waals surface area contributed by atoms with Gasteiger partial charge in [-0.2, -0.15) is 0 Å². The highest BCUT2D eigenvalue weighted by atomic mass is 32.1. The highest BCUT2D eigenvalue weighted by Crippen LogP contribution is 2.31. The summed E-state index contributed by atoms with van der Waals surface area (Å²) in [5.74, 6) is -0.370. The van der Waals surface area contributed by atoms with Crippen LogP contribution in [0.2, 0.25) is 0 Å². The molecule has 2 N–H and O–H groups in total. The van der Waals surface area contributed by atoms with E-state index in [-0.39, 0.29) is 17.9 Å². The van der Waals surface area contributed by atoms with Crippen LogP contribution in [0.4, 0.5) is 0 Å². The maximum Gasteiger partial charge on any atom is 0.263 e. The van der Waals surface area contributed by atoms with Crippen LogP contribution in [0.25, 0.3) is 9.88 Å². The molecule has 2 heterocycles. The van der Waals surface area contributed by atoms with Crippen molar-refractivity contribution in [2.24, 2.45) is 0 Å². The molecule has 1 saturated carbocycles. The molecule has 0 aliphatic heterocycles. The number of hydrogen-bond acceptors (Lipinski definition) is 5. The second-order valence-corrected chi connectivity index (χ2v) is 8.86. The predicted molar refractivity (Wildman–Crippen MR) is 113 cm³/mol. The van der Waals surface area contributed by atoms with Crippen LogP contribution >= 0.6 is 22.7 Å². The molecule has 2 amide bonds. The van der Waals surface area contributed by atoms with Gasteiger partial charge in [-0.15, -0.1) is 22.7 Å². The molecule has 0 radical (unpaired) electrons. The zero-order valence-electron chi connectivity index (χ0n) is 15.5. The van der Waals surface area contributed by atoms with E-state index in [0.717, 1.165) is 28.3 Å². The minimum absolute atomic E-state index is 0.125. The summed E-state index contributed by atoms with van der Waals surface area (Å²) in [5, 5.41) is 8.77. The Labute approximate surface area is 171 Å². The summed E-state index contributed by atoms with van der Waals surface area (Å²) in [6, 6.07) is 13.4. The second kappa shape index (κ2) is 8.24. The lowest BCUT2D eigenvalue weighted by atomic mass is 10.0. The Balaban J connectivity index is 1.52. The van der Waals surface area contributed by atoms with Gasteiger partial charge in [-0.25, -0.2) is 4.98 Å². The molecule has 28 heavy (non-hydrogen) atoms. The van der Waals surface area contributed by atoms with E-state index in [1.54, 1.807) is 11.3 Å². The normalized spacial score (nSPS) is 14.5. The van der Waals surface area contributed by atoms with Crippen molar-refractivity contribution in [3.63, 3.8) is 0 Å². The molecule has 1 aliphatic rings. The van der Waals surface area contributed by atoms with Gasteiger partial charge >= 0.3 is 0 Å². The van der Waals surface area contributed by atoms with Crippen LogP contribution < -0.4 is 10.6 Å². The number of carbonyl (C=O) groups is 2. The number of aromatic nitrogens is 1. The maximum atomic E-state index is 12.9. The monoisotopic (exact) mass is 411 g/mol. The third-order valence-corrected chi connectivity index (χ3v) is 6.76. The van der Waals surface area contributed by atoms with Gasteiger partial charge in [0.25, 0.3) is 5.91 Å². The van der Waals surface area contributed by atoms with Crippen molar-refractivity contribution in [3.05, 3.63) is 64.0 Å². The fraction of sp³-hybridized carbons (Fsp3) is 0.286. The van der Waals surface area contributed by atoms with Gasteiger partial charge in [-0.3, -0.25) is 9.59 Å². The van der Waals surface area contributed by atoms with Crippen molar-refractivity contribution < 1.29 is 9.59 Å². The average Bonchev–Trinajstić information content (AvgIpc) is 3.18. The van der Waals surface area contributed by atoms with Gasteiger partial charge < -0.3 is 10.6 Å². The Kier molecular flexibility index (Phi) is 5.54. The SMILES string of the molecule is Cc1nc(-c2cccs2)sc1C(=O)NC(Cc1ccccc1)C(=O)NC1CC1. The second-order valence-electron chi connectivity index (χ2n) is 6.91.